The normalized spacial score (nSPS) is 10.2. The zero-order chi connectivity index (χ0) is 16.1. The molecule has 6 heteroatoms. The average Bonchev–Trinajstić information content (AvgIpc) is 2.51. The third-order valence-electron chi connectivity index (χ3n) is 2.93. The molecule has 0 fully saturated rings. The summed E-state index contributed by atoms with van der Waals surface area (Å²) < 4.78 is 29.1. The highest BCUT2D eigenvalue weighted by molar-refractivity contribution is 9.10. The van der Waals surface area contributed by atoms with E-state index < -0.39 is 5.97 Å². The maximum atomic E-state index is 12.8. The van der Waals surface area contributed by atoms with Gasteiger partial charge in [-0.1, -0.05) is 15.9 Å². The summed E-state index contributed by atoms with van der Waals surface area (Å²) in [6.07, 6.45) is 0.0400. The molecule has 2 rings (SSSR count). The van der Waals surface area contributed by atoms with E-state index in [4.69, 9.17) is 14.2 Å². The summed E-state index contributed by atoms with van der Waals surface area (Å²) in [6.45, 7) is 0. The van der Waals surface area contributed by atoms with E-state index in [1.807, 2.05) is 0 Å². The van der Waals surface area contributed by atoms with Crippen LogP contribution >= 0.6 is 15.9 Å². The number of hydrogen-bond acceptors (Lipinski definition) is 4. The highest BCUT2D eigenvalue weighted by atomic mass is 79.9. The molecule has 2 aromatic carbocycles. The first kappa shape index (κ1) is 16.3. The maximum Gasteiger partial charge on any atom is 0.315 e. The van der Waals surface area contributed by atoms with Crippen molar-refractivity contribution in [2.75, 3.05) is 14.2 Å². The van der Waals surface area contributed by atoms with Crippen LogP contribution in [0.3, 0.4) is 0 Å². The summed E-state index contributed by atoms with van der Waals surface area (Å²) >= 11 is 3.38. The monoisotopic (exact) mass is 368 g/mol. The molecular weight excluding hydrogens is 355 g/mol. The zero-order valence-electron chi connectivity index (χ0n) is 12.1. The Kier molecular flexibility index (Phi) is 5.38. The standard InChI is InChI=1S/C16H14BrFO4/c1-20-14-7-10(13(17)9-15(14)21-2)8-16(19)22-12-5-3-11(18)4-6-12/h3-7,9H,8H2,1-2H3. The van der Waals surface area contributed by atoms with Gasteiger partial charge in [-0.25, -0.2) is 4.39 Å². The predicted molar refractivity (Wildman–Crippen MR) is 83.0 cm³/mol. The molecule has 0 saturated carbocycles. The van der Waals surface area contributed by atoms with Crippen LogP contribution in [-0.2, 0) is 11.2 Å². The molecule has 4 nitrogen and oxygen atoms in total. The van der Waals surface area contributed by atoms with E-state index >= 15 is 0 Å². The minimum absolute atomic E-state index is 0.0400. The van der Waals surface area contributed by atoms with Crippen molar-refractivity contribution in [1.82, 2.24) is 0 Å². The topological polar surface area (TPSA) is 44.8 Å². The fourth-order valence-corrected chi connectivity index (χ4v) is 2.32. The van der Waals surface area contributed by atoms with Gasteiger partial charge in [0.05, 0.1) is 20.6 Å². The Hall–Kier alpha value is -2.08. The van der Waals surface area contributed by atoms with Crippen LogP contribution in [0.1, 0.15) is 5.56 Å². The van der Waals surface area contributed by atoms with Crippen molar-refractivity contribution in [3.8, 4) is 17.2 Å². The molecule has 0 aliphatic rings. The van der Waals surface area contributed by atoms with Crippen LogP contribution in [0.2, 0.25) is 0 Å². The molecular formula is C16H14BrFO4. The second-order valence-electron chi connectivity index (χ2n) is 4.40. The summed E-state index contributed by atoms with van der Waals surface area (Å²) in [5, 5.41) is 0. The minimum Gasteiger partial charge on any atom is -0.493 e. The molecule has 0 atom stereocenters. The molecule has 0 heterocycles. The number of carbonyl (C=O) groups is 1. The molecule has 0 aliphatic heterocycles. The molecule has 0 bridgehead atoms. The van der Waals surface area contributed by atoms with Crippen LogP contribution in [0, 0.1) is 5.82 Å². The van der Waals surface area contributed by atoms with Crippen LogP contribution < -0.4 is 14.2 Å². The molecule has 0 radical (unpaired) electrons. The van der Waals surface area contributed by atoms with Gasteiger partial charge in [0.2, 0.25) is 0 Å². The van der Waals surface area contributed by atoms with Crippen LogP contribution in [0.5, 0.6) is 17.2 Å². The number of benzene rings is 2. The lowest BCUT2D eigenvalue weighted by Gasteiger charge is -2.11. The highest BCUT2D eigenvalue weighted by Crippen LogP contribution is 2.33. The largest absolute Gasteiger partial charge is 0.493 e. The average molecular weight is 369 g/mol. The van der Waals surface area contributed by atoms with E-state index in [-0.39, 0.29) is 12.2 Å². The Labute approximate surface area is 135 Å². The van der Waals surface area contributed by atoms with Gasteiger partial charge >= 0.3 is 5.97 Å². The lowest BCUT2D eigenvalue weighted by Crippen LogP contribution is -2.12. The van der Waals surface area contributed by atoms with Crippen LogP contribution in [0.4, 0.5) is 4.39 Å². The van der Waals surface area contributed by atoms with Crippen LogP contribution in [-0.4, -0.2) is 20.2 Å². The second kappa shape index (κ2) is 7.26. The Morgan fingerprint density at radius 2 is 1.68 bits per heavy atom. The second-order valence-corrected chi connectivity index (χ2v) is 5.26. The van der Waals surface area contributed by atoms with Gasteiger partial charge in [0.15, 0.2) is 11.5 Å². The lowest BCUT2D eigenvalue weighted by atomic mass is 10.1. The van der Waals surface area contributed by atoms with E-state index in [1.165, 1.54) is 38.5 Å². The molecule has 116 valence electrons. The third-order valence-corrected chi connectivity index (χ3v) is 3.67. The SMILES string of the molecule is COc1cc(Br)c(CC(=O)Oc2ccc(F)cc2)cc1OC. The quantitative estimate of drug-likeness (QED) is 0.595. The smallest absolute Gasteiger partial charge is 0.315 e. The number of methoxy groups -OCH3 is 2. The summed E-state index contributed by atoms with van der Waals surface area (Å²) in [4.78, 5) is 12.0. The first-order chi connectivity index (χ1) is 10.5. The number of rotatable bonds is 5. The summed E-state index contributed by atoms with van der Waals surface area (Å²) in [5.74, 6) is 0.533. The van der Waals surface area contributed by atoms with Gasteiger partial charge in [0.1, 0.15) is 11.6 Å². The van der Waals surface area contributed by atoms with Gasteiger partial charge in [-0.3, -0.25) is 4.79 Å². The van der Waals surface area contributed by atoms with Gasteiger partial charge in [-0.15, -0.1) is 0 Å². The minimum atomic E-state index is -0.459. The van der Waals surface area contributed by atoms with Gasteiger partial charge in [-0.2, -0.15) is 0 Å². The van der Waals surface area contributed by atoms with E-state index in [0.29, 0.717) is 27.3 Å². The fourth-order valence-electron chi connectivity index (χ4n) is 1.86. The molecule has 0 aliphatic carbocycles. The van der Waals surface area contributed by atoms with Crippen molar-refractivity contribution >= 4 is 21.9 Å². The van der Waals surface area contributed by atoms with E-state index in [9.17, 15) is 9.18 Å². The number of hydrogen-bond donors (Lipinski definition) is 0. The molecule has 0 unspecified atom stereocenters. The third kappa shape index (κ3) is 3.98. The Morgan fingerprint density at radius 1 is 1.09 bits per heavy atom. The van der Waals surface area contributed by atoms with Crippen molar-refractivity contribution in [1.29, 1.82) is 0 Å². The van der Waals surface area contributed by atoms with Gasteiger partial charge in [-0.05, 0) is 42.0 Å². The number of halogens is 2. The van der Waals surface area contributed by atoms with E-state index in [0.717, 1.165) is 0 Å². The van der Waals surface area contributed by atoms with Gasteiger partial charge in [0, 0.05) is 4.47 Å². The number of carbonyl (C=O) groups excluding carboxylic acids is 1. The van der Waals surface area contributed by atoms with Crippen molar-refractivity contribution < 1.29 is 23.4 Å². The van der Waals surface area contributed by atoms with Crippen LogP contribution in [0.15, 0.2) is 40.9 Å². The molecule has 0 aromatic heterocycles. The zero-order valence-corrected chi connectivity index (χ0v) is 13.6. The molecule has 0 saturated heterocycles. The van der Waals surface area contributed by atoms with E-state index in [2.05, 4.69) is 15.9 Å². The highest BCUT2D eigenvalue weighted by Gasteiger charge is 2.14. The van der Waals surface area contributed by atoms with Gasteiger partial charge in [0.25, 0.3) is 0 Å². The fraction of sp³-hybridized carbons (Fsp3) is 0.188. The number of esters is 1. The van der Waals surface area contributed by atoms with Gasteiger partial charge < -0.3 is 14.2 Å². The lowest BCUT2D eigenvalue weighted by molar-refractivity contribution is -0.133. The first-order valence-corrected chi connectivity index (χ1v) is 7.19. The molecule has 0 amide bonds. The predicted octanol–water partition coefficient (Wildman–Crippen LogP) is 3.75. The van der Waals surface area contributed by atoms with Crippen molar-refractivity contribution in [3.63, 3.8) is 0 Å². The van der Waals surface area contributed by atoms with Crippen molar-refractivity contribution in [2.45, 2.75) is 6.42 Å². The summed E-state index contributed by atoms with van der Waals surface area (Å²) in [7, 11) is 3.05. The van der Waals surface area contributed by atoms with Crippen molar-refractivity contribution in [3.05, 3.63) is 52.3 Å². The molecule has 2 aromatic rings. The van der Waals surface area contributed by atoms with Crippen LogP contribution in [0.25, 0.3) is 0 Å². The Morgan fingerprint density at radius 3 is 2.27 bits per heavy atom. The summed E-state index contributed by atoms with van der Waals surface area (Å²) in [6, 6.07) is 8.69. The Balaban J connectivity index is 2.12. The Bertz CT molecular complexity index is 671. The first-order valence-electron chi connectivity index (χ1n) is 6.40. The van der Waals surface area contributed by atoms with Crippen molar-refractivity contribution in [2.24, 2.45) is 0 Å². The maximum absolute atomic E-state index is 12.8. The van der Waals surface area contributed by atoms with E-state index in [1.54, 1.807) is 12.1 Å². The molecule has 0 N–H and O–H groups in total. The molecule has 22 heavy (non-hydrogen) atoms. The summed E-state index contributed by atoms with van der Waals surface area (Å²) in [5.41, 5.74) is 0.699. The number of ether oxygens (including phenoxy) is 3. The molecule has 0 spiro atoms.